The molecule has 0 saturated heterocycles. The topological polar surface area (TPSA) is 85.2 Å². The van der Waals surface area contributed by atoms with Gasteiger partial charge in [-0.15, -0.1) is 16.8 Å². The van der Waals surface area contributed by atoms with Gasteiger partial charge in [0, 0.05) is 24.9 Å². The van der Waals surface area contributed by atoms with Gasteiger partial charge >= 0.3 is 0 Å². The van der Waals surface area contributed by atoms with Gasteiger partial charge in [-0.25, -0.2) is 9.67 Å². The van der Waals surface area contributed by atoms with Crippen molar-refractivity contribution in [1.29, 1.82) is 0 Å². The molecule has 0 amide bonds. The van der Waals surface area contributed by atoms with Crippen molar-refractivity contribution >= 4 is 0 Å². The summed E-state index contributed by atoms with van der Waals surface area (Å²) in [6.45, 7) is 4.64. The molecule has 1 N–H and O–H groups in total. The van der Waals surface area contributed by atoms with E-state index in [1.807, 2.05) is 35.0 Å². The minimum Gasteiger partial charge on any atom is -0.249 e. The Kier molecular flexibility index (Phi) is 6.84. The Bertz CT molecular complexity index is 1370. The maximum atomic E-state index is 4.89. The van der Waals surface area contributed by atoms with Gasteiger partial charge in [0.15, 0.2) is 5.82 Å². The zero-order valence-electron chi connectivity index (χ0n) is 19.5. The van der Waals surface area contributed by atoms with Crippen molar-refractivity contribution in [3.05, 3.63) is 114 Å². The van der Waals surface area contributed by atoms with Gasteiger partial charge in [-0.3, -0.25) is 0 Å². The standard InChI is InChI=1S/C28H27N7/c1-2-3-19-35-27(29-26(32-35)18-15-21-9-5-4-6-10-21)20-22-13-16-23(17-14-22)24-11-7-8-12-25(24)28-30-33-34-31-28/h2,4-14,16-17H,1,3,15,18-20H2,(H,30,31,33,34). The number of allylic oxidation sites excluding steroid dienone is 1. The van der Waals surface area contributed by atoms with Crippen LogP contribution in [0.2, 0.25) is 0 Å². The van der Waals surface area contributed by atoms with Gasteiger partial charge in [-0.1, -0.05) is 84.9 Å². The zero-order valence-corrected chi connectivity index (χ0v) is 19.5. The highest BCUT2D eigenvalue weighted by atomic mass is 15.5. The first kappa shape index (κ1) is 22.4. The maximum Gasteiger partial charge on any atom is 0.205 e. The molecule has 7 nitrogen and oxygen atoms in total. The van der Waals surface area contributed by atoms with Gasteiger partial charge in [0.05, 0.1) is 0 Å². The van der Waals surface area contributed by atoms with E-state index in [4.69, 9.17) is 10.1 Å². The number of hydrogen-bond donors (Lipinski definition) is 1. The second kappa shape index (κ2) is 10.7. The van der Waals surface area contributed by atoms with E-state index < -0.39 is 0 Å². The van der Waals surface area contributed by atoms with E-state index >= 15 is 0 Å². The predicted octanol–water partition coefficient (Wildman–Crippen LogP) is 5.08. The third kappa shape index (κ3) is 5.41. The summed E-state index contributed by atoms with van der Waals surface area (Å²) < 4.78 is 2.03. The van der Waals surface area contributed by atoms with E-state index in [1.54, 1.807) is 0 Å². The van der Waals surface area contributed by atoms with Crippen molar-refractivity contribution < 1.29 is 0 Å². The number of nitrogens with one attached hydrogen (secondary N) is 1. The molecule has 0 atom stereocenters. The molecule has 0 aliphatic carbocycles. The number of tetrazole rings is 1. The Morgan fingerprint density at radius 1 is 0.829 bits per heavy atom. The molecule has 2 aromatic heterocycles. The first-order valence-corrected chi connectivity index (χ1v) is 11.8. The van der Waals surface area contributed by atoms with E-state index in [1.165, 1.54) is 11.1 Å². The van der Waals surface area contributed by atoms with E-state index in [-0.39, 0.29) is 0 Å². The highest BCUT2D eigenvalue weighted by Gasteiger charge is 2.13. The second-order valence-corrected chi connectivity index (χ2v) is 8.39. The van der Waals surface area contributed by atoms with E-state index in [0.29, 0.717) is 5.82 Å². The molecule has 7 heteroatoms. The van der Waals surface area contributed by atoms with Crippen molar-refractivity contribution in [1.82, 2.24) is 35.4 Å². The Morgan fingerprint density at radius 3 is 2.34 bits per heavy atom. The fraction of sp³-hybridized carbons (Fsp3) is 0.179. The number of aromatic amines is 1. The van der Waals surface area contributed by atoms with Crippen LogP contribution in [0, 0.1) is 0 Å². The largest absolute Gasteiger partial charge is 0.249 e. The van der Waals surface area contributed by atoms with Crippen LogP contribution in [0.1, 0.15) is 29.2 Å². The molecule has 3 aromatic carbocycles. The molecule has 0 radical (unpaired) electrons. The number of hydrogen-bond acceptors (Lipinski definition) is 5. The summed E-state index contributed by atoms with van der Waals surface area (Å²) in [4.78, 5) is 4.89. The van der Waals surface area contributed by atoms with Crippen LogP contribution in [-0.4, -0.2) is 35.4 Å². The lowest BCUT2D eigenvalue weighted by atomic mass is 9.98. The Balaban J connectivity index is 1.34. The van der Waals surface area contributed by atoms with Crippen LogP contribution in [0.25, 0.3) is 22.5 Å². The Hall–Kier alpha value is -4.39. The van der Waals surface area contributed by atoms with Gasteiger partial charge in [-0.2, -0.15) is 10.3 Å². The first-order chi connectivity index (χ1) is 17.3. The highest BCUT2D eigenvalue weighted by Crippen LogP contribution is 2.30. The van der Waals surface area contributed by atoms with Crippen molar-refractivity contribution in [2.75, 3.05) is 0 Å². The molecule has 0 aliphatic heterocycles. The van der Waals surface area contributed by atoms with Crippen LogP contribution >= 0.6 is 0 Å². The lowest BCUT2D eigenvalue weighted by Gasteiger charge is -2.08. The van der Waals surface area contributed by atoms with Gasteiger partial charge < -0.3 is 0 Å². The summed E-state index contributed by atoms with van der Waals surface area (Å²) in [5, 5.41) is 19.3. The number of aryl methyl sites for hydroxylation is 3. The fourth-order valence-electron chi connectivity index (χ4n) is 4.15. The van der Waals surface area contributed by atoms with Gasteiger partial charge in [0.1, 0.15) is 5.82 Å². The summed E-state index contributed by atoms with van der Waals surface area (Å²) in [5.41, 5.74) is 5.60. The predicted molar refractivity (Wildman–Crippen MR) is 137 cm³/mol. The minimum absolute atomic E-state index is 0.586. The summed E-state index contributed by atoms with van der Waals surface area (Å²) >= 11 is 0. The van der Waals surface area contributed by atoms with Gasteiger partial charge in [0.25, 0.3) is 0 Å². The van der Waals surface area contributed by atoms with Crippen molar-refractivity contribution in [3.8, 4) is 22.5 Å². The van der Waals surface area contributed by atoms with E-state index in [0.717, 1.165) is 60.6 Å². The maximum absolute atomic E-state index is 4.89. The van der Waals surface area contributed by atoms with Gasteiger partial charge in [0.2, 0.25) is 5.82 Å². The first-order valence-electron chi connectivity index (χ1n) is 11.8. The second-order valence-electron chi connectivity index (χ2n) is 8.39. The zero-order chi connectivity index (χ0) is 23.9. The van der Waals surface area contributed by atoms with E-state index in [2.05, 4.69) is 81.8 Å². The third-order valence-electron chi connectivity index (χ3n) is 5.96. The van der Waals surface area contributed by atoms with Crippen LogP contribution in [0.3, 0.4) is 0 Å². The average molecular weight is 462 g/mol. The van der Waals surface area contributed by atoms with Crippen molar-refractivity contribution in [2.45, 2.75) is 32.2 Å². The number of aromatic nitrogens is 7. The molecule has 0 spiro atoms. The van der Waals surface area contributed by atoms with Crippen LogP contribution in [0.4, 0.5) is 0 Å². The van der Waals surface area contributed by atoms with Crippen LogP contribution in [0.5, 0.6) is 0 Å². The molecule has 5 aromatic rings. The normalized spacial score (nSPS) is 11.0. The Labute approximate surface area is 204 Å². The number of benzene rings is 3. The van der Waals surface area contributed by atoms with Crippen molar-refractivity contribution in [3.63, 3.8) is 0 Å². The molecule has 0 aliphatic rings. The van der Waals surface area contributed by atoms with Crippen molar-refractivity contribution in [2.24, 2.45) is 0 Å². The summed E-state index contributed by atoms with van der Waals surface area (Å²) in [6, 6.07) is 27.1. The molecule has 0 unspecified atom stereocenters. The lowest BCUT2D eigenvalue weighted by molar-refractivity contribution is 0.588. The van der Waals surface area contributed by atoms with Gasteiger partial charge in [-0.05, 0) is 40.3 Å². The molecule has 35 heavy (non-hydrogen) atoms. The fourth-order valence-corrected chi connectivity index (χ4v) is 4.15. The summed E-state index contributed by atoms with van der Waals surface area (Å²) in [5.74, 6) is 2.46. The Morgan fingerprint density at radius 2 is 1.60 bits per heavy atom. The van der Waals surface area contributed by atoms with Crippen LogP contribution < -0.4 is 0 Å². The number of H-pyrrole nitrogens is 1. The monoisotopic (exact) mass is 461 g/mol. The summed E-state index contributed by atoms with van der Waals surface area (Å²) in [7, 11) is 0. The lowest BCUT2D eigenvalue weighted by Crippen LogP contribution is -2.06. The molecule has 2 heterocycles. The van der Waals surface area contributed by atoms with Crippen LogP contribution in [-0.2, 0) is 25.8 Å². The highest BCUT2D eigenvalue weighted by molar-refractivity contribution is 5.80. The number of nitrogens with zero attached hydrogens (tertiary/aromatic N) is 6. The van der Waals surface area contributed by atoms with E-state index in [9.17, 15) is 0 Å². The molecule has 174 valence electrons. The molecule has 0 saturated carbocycles. The van der Waals surface area contributed by atoms with Crippen LogP contribution in [0.15, 0.2) is 91.5 Å². The molecule has 0 fully saturated rings. The molecule has 0 bridgehead atoms. The average Bonchev–Trinajstić information content (AvgIpc) is 3.58. The minimum atomic E-state index is 0.586. The smallest absolute Gasteiger partial charge is 0.205 e. The third-order valence-corrected chi connectivity index (χ3v) is 5.96. The molecular formula is C28H27N7. The SMILES string of the molecule is C=CCCn1nc(CCc2ccccc2)nc1Cc1ccc(-c2ccccc2-c2nn[nH]n2)cc1. The number of rotatable bonds is 10. The summed E-state index contributed by atoms with van der Waals surface area (Å²) in [6.07, 6.45) is 5.26. The molecular weight excluding hydrogens is 434 g/mol. The molecule has 5 rings (SSSR count). The quantitative estimate of drug-likeness (QED) is 0.293.